The van der Waals surface area contributed by atoms with E-state index in [1.54, 1.807) is 0 Å². The quantitative estimate of drug-likeness (QED) is 0.431. The van der Waals surface area contributed by atoms with Crippen molar-refractivity contribution in [2.75, 3.05) is 13.1 Å². The van der Waals surface area contributed by atoms with Crippen molar-refractivity contribution in [2.24, 2.45) is 0 Å². The van der Waals surface area contributed by atoms with E-state index in [1.165, 1.54) is 0 Å². The lowest BCUT2D eigenvalue weighted by molar-refractivity contribution is -0.134. The van der Waals surface area contributed by atoms with Crippen molar-refractivity contribution in [3.8, 4) is 0 Å². The summed E-state index contributed by atoms with van der Waals surface area (Å²) in [7, 11) is 0. The summed E-state index contributed by atoms with van der Waals surface area (Å²) in [5, 5.41) is 27.3. The van der Waals surface area contributed by atoms with Gasteiger partial charge in [-0.25, -0.2) is 9.59 Å². The molecule has 0 aromatic heterocycles. The third kappa shape index (κ3) is 8.69. The molecule has 1 fully saturated rings. The maximum Gasteiger partial charge on any atom is 0.328 e. The van der Waals surface area contributed by atoms with Gasteiger partial charge in [-0.1, -0.05) is 0 Å². The predicted molar refractivity (Wildman–Crippen MR) is 47.9 cm³/mol. The molecule has 4 N–H and O–H groups in total. The first kappa shape index (κ1) is 12.6. The molecule has 0 bridgehead atoms. The van der Waals surface area contributed by atoms with Crippen molar-refractivity contribution in [2.45, 2.75) is 12.5 Å². The Labute approximate surface area is 80.9 Å². The maximum absolute atomic E-state index is 9.55. The van der Waals surface area contributed by atoms with E-state index >= 15 is 0 Å². The first-order chi connectivity index (χ1) is 6.52. The van der Waals surface area contributed by atoms with E-state index in [2.05, 4.69) is 5.32 Å². The third-order valence-corrected chi connectivity index (χ3v) is 1.40. The van der Waals surface area contributed by atoms with Crippen LogP contribution in [0, 0.1) is 0 Å². The van der Waals surface area contributed by atoms with E-state index in [1.807, 2.05) is 0 Å². The Kier molecular flexibility index (Phi) is 6.34. The monoisotopic (exact) mass is 203 g/mol. The van der Waals surface area contributed by atoms with E-state index in [4.69, 9.17) is 15.3 Å². The van der Waals surface area contributed by atoms with Crippen molar-refractivity contribution in [3.05, 3.63) is 12.2 Å². The molecule has 1 atom stereocenters. The zero-order chi connectivity index (χ0) is 11.0. The molecule has 0 aromatic carbocycles. The van der Waals surface area contributed by atoms with Crippen LogP contribution in [0.15, 0.2) is 12.2 Å². The van der Waals surface area contributed by atoms with Crippen LogP contribution in [0.1, 0.15) is 6.42 Å². The fourth-order valence-corrected chi connectivity index (χ4v) is 0.782. The molecule has 0 aliphatic carbocycles. The predicted octanol–water partition coefficient (Wildman–Crippen LogP) is -0.948. The van der Waals surface area contributed by atoms with Crippen LogP contribution in [-0.2, 0) is 9.59 Å². The summed E-state index contributed by atoms with van der Waals surface area (Å²) in [4.78, 5) is 19.1. The van der Waals surface area contributed by atoms with Crippen LogP contribution in [0.25, 0.3) is 0 Å². The minimum Gasteiger partial charge on any atom is -0.478 e. The lowest BCUT2D eigenvalue weighted by Gasteiger charge is -1.90. The number of hydrogen-bond donors (Lipinski definition) is 4. The van der Waals surface area contributed by atoms with Gasteiger partial charge >= 0.3 is 11.9 Å². The molecule has 1 aliphatic rings. The van der Waals surface area contributed by atoms with Crippen LogP contribution in [0.5, 0.6) is 0 Å². The van der Waals surface area contributed by atoms with Crippen LogP contribution in [0.4, 0.5) is 0 Å². The Morgan fingerprint density at radius 3 is 1.86 bits per heavy atom. The van der Waals surface area contributed by atoms with Gasteiger partial charge in [-0.3, -0.25) is 0 Å². The molecule has 0 aromatic rings. The minimum atomic E-state index is -1.26. The topological polar surface area (TPSA) is 107 Å². The van der Waals surface area contributed by atoms with Crippen molar-refractivity contribution in [3.63, 3.8) is 0 Å². The Morgan fingerprint density at radius 1 is 1.21 bits per heavy atom. The molecule has 6 nitrogen and oxygen atoms in total. The number of carbonyl (C=O) groups is 2. The fraction of sp³-hybridized carbons (Fsp3) is 0.500. The summed E-state index contributed by atoms with van der Waals surface area (Å²) >= 11 is 0. The van der Waals surface area contributed by atoms with Gasteiger partial charge in [0.25, 0.3) is 0 Å². The Balaban J connectivity index is 0.000000249. The number of carboxylic acid groups (broad SMARTS) is 2. The highest BCUT2D eigenvalue weighted by Gasteiger charge is 2.08. The molecule has 0 spiro atoms. The van der Waals surface area contributed by atoms with Crippen molar-refractivity contribution in [1.29, 1.82) is 0 Å². The van der Waals surface area contributed by atoms with Gasteiger partial charge in [0.2, 0.25) is 0 Å². The molecular weight excluding hydrogens is 190 g/mol. The number of aliphatic hydroxyl groups excluding tert-OH is 1. The van der Waals surface area contributed by atoms with Gasteiger partial charge < -0.3 is 20.6 Å². The second-order valence-corrected chi connectivity index (χ2v) is 2.66. The van der Waals surface area contributed by atoms with Gasteiger partial charge in [-0.2, -0.15) is 0 Å². The number of rotatable bonds is 2. The largest absolute Gasteiger partial charge is 0.478 e. The van der Waals surface area contributed by atoms with Crippen LogP contribution >= 0.6 is 0 Å². The molecule has 14 heavy (non-hydrogen) atoms. The van der Waals surface area contributed by atoms with E-state index in [-0.39, 0.29) is 6.10 Å². The highest BCUT2D eigenvalue weighted by molar-refractivity contribution is 5.89. The van der Waals surface area contributed by atoms with Crippen LogP contribution in [0.2, 0.25) is 0 Å². The summed E-state index contributed by atoms with van der Waals surface area (Å²) in [6.45, 7) is 1.78. The molecule has 0 radical (unpaired) electrons. The van der Waals surface area contributed by atoms with Gasteiger partial charge in [0, 0.05) is 18.7 Å². The molecule has 1 heterocycles. The van der Waals surface area contributed by atoms with Gasteiger partial charge in [0.1, 0.15) is 0 Å². The fourth-order valence-electron chi connectivity index (χ4n) is 0.782. The van der Waals surface area contributed by atoms with Gasteiger partial charge in [-0.05, 0) is 13.0 Å². The summed E-state index contributed by atoms with van der Waals surface area (Å²) in [5.41, 5.74) is 0. The van der Waals surface area contributed by atoms with Crippen molar-refractivity contribution >= 4 is 11.9 Å². The first-order valence-corrected chi connectivity index (χ1v) is 4.05. The van der Waals surface area contributed by atoms with Crippen LogP contribution < -0.4 is 5.32 Å². The first-order valence-electron chi connectivity index (χ1n) is 4.05. The number of aliphatic hydroxyl groups is 1. The molecule has 6 heteroatoms. The van der Waals surface area contributed by atoms with Crippen LogP contribution in [-0.4, -0.2) is 46.5 Å². The van der Waals surface area contributed by atoms with Gasteiger partial charge in [0.15, 0.2) is 0 Å². The molecule has 80 valence electrons. The molecule has 0 amide bonds. The second kappa shape index (κ2) is 7.05. The smallest absolute Gasteiger partial charge is 0.328 e. The molecule has 1 saturated heterocycles. The Morgan fingerprint density at radius 2 is 1.71 bits per heavy atom. The highest BCUT2D eigenvalue weighted by Crippen LogP contribution is 1.93. The van der Waals surface area contributed by atoms with Crippen molar-refractivity contribution in [1.82, 2.24) is 5.32 Å². The number of carboxylic acids is 2. The lowest BCUT2D eigenvalue weighted by atomic mass is 10.3. The Hall–Kier alpha value is -1.40. The highest BCUT2D eigenvalue weighted by atomic mass is 16.4. The van der Waals surface area contributed by atoms with Crippen LogP contribution in [0.3, 0.4) is 0 Å². The van der Waals surface area contributed by atoms with E-state index in [0.717, 1.165) is 19.5 Å². The average Bonchev–Trinajstić information content (AvgIpc) is 2.53. The summed E-state index contributed by atoms with van der Waals surface area (Å²) in [6.07, 6.45) is 1.98. The zero-order valence-corrected chi connectivity index (χ0v) is 7.51. The van der Waals surface area contributed by atoms with E-state index < -0.39 is 11.9 Å². The molecular formula is C8H13NO5. The normalized spacial score (nSPS) is 20.2. The van der Waals surface area contributed by atoms with Crippen molar-refractivity contribution < 1.29 is 24.9 Å². The Bertz CT molecular complexity index is 204. The number of β-amino-alcohol motifs (C(OH)–C–C–N with tert-alkyl or cyclic N) is 1. The standard InChI is InChI=1S/C4H9NO.C4H4O4/c6-4-1-2-5-3-4;5-3(6)1-2-4(7)8/h4-6H,1-3H2;1-2H,(H,5,6)(H,7,8). The molecule has 0 saturated carbocycles. The molecule has 1 unspecified atom stereocenters. The minimum absolute atomic E-state index is 0.0648. The zero-order valence-electron chi connectivity index (χ0n) is 7.51. The summed E-state index contributed by atoms with van der Waals surface area (Å²) < 4.78 is 0. The van der Waals surface area contributed by atoms with Gasteiger partial charge in [0.05, 0.1) is 6.10 Å². The number of aliphatic carboxylic acids is 2. The second-order valence-electron chi connectivity index (χ2n) is 2.66. The molecule has 1 rings (SSSR count). The van der Waals surface area contributed by atoms with E-state index in [9.17, 15) is 9.59 Å². The third-order valence-electron chi connectivity index (χ3n) is 1.40. The number of nitrogens with one attached hydrogen (secondary N) is 1. The number of hydrogen-bond acceptors (Lipinski definition) is 4. The average molecular weight is 203 g/mol. The van der Waals surface area contributed by atoms with E-state index in [0.29, 0.717) is 12.2 Å². The summed E-state index contributed by atoms with van der Waals surface area (Å²) in [5.74, 6) is -2.51. The SMILES string of the molecule is O=C(O)C=CC(=O)O.OC1CCNC1. The molecule has 1 aliphatic heterocycles. The van der Waals surface area contributed by atoms with Gasteiger partial charge in [-0.15, -0.1) is 0 Å². The maximum atomic E-state index is 9.55. The summed E-state index contributed by atoms with van der Waals surface area (Å²) in [6, 6.07) is 0. The lowest BCUT2D eigenvalue weighted by Crippen LogP contribution is -2.11.